The van der Waals surface area contributed by atoms with Crippen LogP contribution in [-0.2, 0) is 9.59 Å². The molecule has 1 aromatic carbocycles. The molecule has 2 aromatic rings. The van der Waals surface area contributed by atoms with Crippen LogP contribution in [0, 0.1) is 12.8 Å². The fourth-order valence-corrected chi connectivity index (χ4v) is 3.10. The highest BCUT2D eigenvalue weighted by Gasteiger charge is 2.25. The maximum absolute atomic E-state index is 12.5. The summed E-state index contributed by atoms with van der Waals surface area (Å²) in [6.45, 7) is 7.74. The van der Waals surface area contributed by atoms with Crippen molar-refractivity contribution in [1.82, 2.24) is 15.5 Å². The number of carbonyl (C=O) groups is 2. The topological polar surface area (TPSA) is 84.0 Å². The van der Waals surface area contributed by atoms with Gasteiger partial charge in [0.1, 0.15) is 11.0 Å². The third-order valence-corrected chi connectivity index (χ3v) is 4.55. The Morgan fingerprint density at radius 2 is 2.00 bits per heavy atom. The minimum atomic E-state index is -0.592. The quantitative estimate of drug-likeness (QED) is 0.793. The van der Waals surface area contributed by atoms with Gasteiger partial charge in [0.05, 0.1) is 0 Å². The number of carbonyl (C=O) groups excluding carboxylic acids is 2. The average Bonchev–Trinajstić information content (AvgIpc) is 3.01. The number of nitrogens with zero attached hydrogens (tertiary/aromatic N) is 2. The molecule has 0 spiro atoms. The Balaban J connectivity index is 2.07. The van der Waals surface area contributed by atoms with Gasteiger partial charge in [0, 0.05) is 12.0 Å². The van der Waals surface area contributed by atoms with E-state index in [0.29, 0.717) is 11.6 Å². The van der Waals surface area contributed by atoms with Crippen LogP contribution in [0.3, 0.4) is 0 Å². The van der Waals surface area contributed by atoms with Crippen LogP contribution in [-0.4, -0.2) is 28.1 Å². The van der Waals surface area contributed by atoms with E-state index in [1.165, 1.54) is 11.3 Å². The minimum absolute atomic E-state index is 0.0232. The van der Waals surface area contributed by atoms with Crippen molar-refractivity contribution >= 4 is 28.3 Å². The van der Waals surface area contributed by atoms with E-state index in [0.717, 1.165) is 22.6 Å². The first kappa shape index (κ1) is 19.1. The van der Waals surface area contributed by atoms with Gasteiger partial charge < -0.3 is 5.32 Å². The van der Waals surface area contributed by atoms with Crippen LogP contribution in [0.5, 0.6) is 0 Å². The molecular weight excluding hydrogens is 336 g/mol. The summed E-state index contributed by atoms with van der Waals surface area (Å²) in [5.74, 6) is -0.412. The third-order valence-electron chi connectivity index (χ3n) is 3.66. The van der Waals surface area contributed by atoms with Gasteiger partial charge in [-0.3, -0.25) is 14.9 Å². The van der Waals surface area contributed by atoms with E-state index in [4.69, 9.17) is 0 Å². The number of benzene rings is 1. The van der Waals surface area contributed by atoms with Gasteiger partial charge in [0.2, 0.25) is 16.9 Å². The molecule has 0 fully saturated rings. The van der Waals surface area contributed by atoms with Gasteiger partial charge in [0.15, 0.2) is 0 Å². The number of nitrogens with one attached hydrogen (secondary N) is 2. The number of hydrogen-bond donors (Lipinski definition) is 2. The van der Waals surface area contributed by atoms with Gasteiger partial charge in [-0.2, -0.15) is 0 Å². The van der Waals surface area contributed by atoms with Crippen LogP contribution < -0.4 is 10.6 Å². The van der Waals surface area contributed by atoms with Crippen molar-refractivity contribution in [3.63, 3.8) is 0 Å². The van der Waals surface area contributed by atoms with Gasteiger partial charge in [-0.1, -0.05) is 55.9 Å². The third kappa shape index (κ3) is 5.35. The Labute approximate surface area is 152 Å². The Morgan fingerprint density at radius 1 is 1.24 bits per heavy atom. The highest BCUT2D eigenvalue weighted by Crippen LogP contribution is 2.27. The van der Waals surface area contributed by atoms with Gasteiger partial charge in [-0.25, -0.2) is 0 Å². The molecule has 1 unspecified atom stereocenters. The predicted octanol–water partition coefficient (Wildman–Crippen LogP) is 3.39. The van der Waals surface area contributed by atoms with E-state index in [9.17, 15) is 9.59 Å². The van der Waals surface area contributed by atoms with E-state index < -0.39 is 6.04 Å². The molecule has 0 bridgehead atoms. The highest BCUT2D eigenvalue weighted by atomic mass is 32.1. The molecular formula is C18H24N4O2S. The summed E-state index contributed by atoms with van der Waals surface area (Å²) < 4.78 is 0. The SMILES string of the molecule is CCCC(=O)NC(C(=O)Nc1nnc(-c2cccc(C)c2)s1)C(C)C. The van der Waals surface area contributed by atoms with Crippen LogP contribution in [0.4, 0.5) is 5.13 Å². The molecule has 1 atom stereocenters. The second-order valence-electron chi connectivity index (χ2n) is 6.31. The van der Waals surface area contributed by atoms with E-state index in [1.54, 1.807) is 0 Å². The molecule has 0 saturated carbocycles. The zero-order valence-corrected chi connectivity index (χ0v) is 15.8. The Morgan fingerprint density at radius 3 is 2.64 bits per heavy atom. The maximum Gasteiger partial charge on any atom is 0.249 e. The molecule has 2 rings (SSSR count). The summed E-state index contributed by atoms with van der Waals surface area (Å²) in [6.07, 6.45) is 1.15. The first-order chi connectivity index (χ1) is 11.9. The van der Waals surface area contributed by atoms with Crippen molar-refractivity contribution in [1.29, 1.82) is 0 Å². The van der Waals surface area contributed by atoms with Crippen molar-refractivity contribution in [2.75, 3.05) is 5.32 Å². The molecule has 25 heavy (non-hydrogen) atoms. The van der Waals surface area contributed by atoms with E-state index in [1.807, 2.05) is 52.0 Å². The van der Waals surface area contributed by atoms with E-state index >= 15 is 0 Å². The molecule has 2 N–H and O–H groups in total. The van der Waals surface area contributed by atoms with Crippen LogP contribution in [0.15, 0.2) is 24.3 Å². The summed E-state index contributed by atoms with van der Waals surface area (Å²) in [7, 11) is 0. The summed E-state index contributed by atoms with van der Waals surface area (Å²) in [6, 6.07) is 7.36. The lowest BCUT2D eigenvalue weighted by molar-refractivity contribution is -0.127. The Bertz CT molecular complexity index is 742. The van der Waals surface area contributed by atoms with Crippen LogP contribution in [0.2, 0.25) is 0 Å². The van der Waals surface area contributed by atoms with Crippen molar-refractivity contribution in [3.8, 4) is 10.6 Å². The fraction of sp³-hybridized carbons (Fsp3) is 0.444. The second-order valence-corrected chi connectivity index (χ2v) is 7.29. The number of anilines is 1. The zero-order chi connectivity index (χ0) is 18.4. The summed E-state index contributed by atoms with van der Waals surface area (Å²) in [4.78, 5) is 24.3. The number of aromatic nitrogens is 2. The van der Waals surface area contributed by atoms with Crippen LogP contribution in [0.25, 0.3) is 10.6 Å². The predicted molar refractivity (Wildman–Crippen MR) is 100 cm³/mol. The number of hydrogen-bond acceptors (Lipinski definition) is 5. The van der Waals surface area contributed by atoms with Gasteiger partial charge >= 0.3 is 0 Å². The van der Waals surface area contributed by atoms with Gasteiger partial charge in [0.25, 0.3) is 0 Å². The lowest BCUT2D eigenvalue weighted by atomic mass is 10.0. The normalized spacial score (nSPS) is 12.0. The summed E-state index contributed by atoms with van der Waals surface area (Å²) >= 11 is 1.31. The van der Waals surface area contributed by atoms with Crippen molar-refractivity contribution < 1.29 is 9.59 Å². The standard InChI is InChI=1S/C18H24N4O2S/c1-5-7-14(23)19-15(11(2)3)16(24)20-18-22-21-17(25-18)13-9-6-8-12(4)10-13/h6,8-11,15H,5,7H2,1-4H3,(H,19,23)(H,20,22,24). The monoisotopic (exact) mass is 360 g/mol. The Hall–Kier alpha value is -2.28. The van der Waals surface area contributed by atoms with Crippen molar-refractivity contribution in [2.24, 2.45) is 5.92 Å². The van der Waals surface area contributed by atoms with Crippen molar-refractivity contribution in [3.05, 3.63) is 29.8 Å². The molecule has 0 radical (unpaired) electrons. The molecule has 0 saturated heterocycles. The highest BCUT2D eigenvalue weighted by molar-refractivity contribution is 7.18. The molecule has 0 aliphatic rings. The number of aryl methyl sites for hydroxylation is 1. The fourth-order valence-electron chi connectivity index (χ4n) is 2.36. The molecule has 1 aromatic heterocycles. The first-order valence-electron chi connectivity index (χ1n) is 8.41. The molecule has 6 nitrogen and oxygen atoms in total. The number of rotatable bonds is 7. The summed E-state index contributed by atoms with van der Waals surface area (Å²) in [5.41, 5.74) is 2.10. The van der Waals surface area contributed by atoms with Crippen LogP contribution in [0.1, 0.15) is 39.2 Å². The van der Waals surface area contributed by atoms with E-state index in [-0.39, 0.29) is 17.7 Å². The van der Waals surface area contributed by atoms with Gasteiger partial charge in [-0.15, -0.1) is 10.2 Å². The minimum Gasteiger partial charge on any atom is -0.344 e. The largest absolute Gasteiger partial charge is 0.344 e. The van der Waals surface area contributed by atoms with Crippen LogP contribution >= 0.6 is 11.3 Å². The smallest absolute Gasteiger partial charge is 0.249 e. The number of amides is 2. The lowest BCUT2D eigenvalue weighted by Gasteiger charge is -2.20. The molecule has 134 valence electrons. The zero-order valence-electron chi connectivity index (χ0n) is 15.0. The molecule has 0 aliphatic carbocycles. The Kier molecular flexibility index (Phi) is 6.64. The van der Waals surface area contributed by atoms with Gasteiger partial charge in [-0.05, 0) is 25.3 Å². The molecule has 2 amide bonds. The maximum atomic E-state index is 12.5. The lowest BCUT2D eigenvalue weighted by Crippen LogP contribution is -2.47. The average molecular weight is 360 g/mol. The molecule has 0 aliphatic heterocycles. The van der Waals surface area contributed by atoms with Crippen molar-refractivity contribution in [2.45, 2.75) is 46.6 Å². The molecule has 7 heteroatoms. The second kappa shape index (κ2) is 8.71. The summed E-state index contributed by atoms with van der Waals surface area (Å²) in [5, 5.41) is 14.9. The molecule has 1 heterocycles. The first-order valence-corrected chi connectivity index (χ1v) is 9.23. The van der Waals surface area contributed by atoms with E-state index in [2.05, 4.69) is 20.8 Å².